The first-order valence-corrected chi connectivity index (χ1v) is 3.43. The standard InChI is InChI=1S/C7H12N2O2/c1-5-7(4-9(3)10)6(2)11-8-5/h10H,4H2,1-3H3. The molecule has 1 heterocycles. The van der Waals surface area contributed by atoms with Crippen molar-refractivity contribution in [2.75, 3.05) is 7.05 Å². The van der Waals surface area contributed by atoms with Crippen LogP contribution in [0, 0.1) is 13.8 Å². The van der Waals surface area contributed by atoms with E-state index in [1.54, 1.807) is 7.05 Å². The van der Waals surface area contributed by atoms with Crippen LogP contribution in [0.15, 0.2) is 4.52 Å². The normalized spacial score (nSPS) is 11.0. The summed E-state index contributed by atoms with van der Waals surface area (Å²) in [5.41, 5.74) is 1.79. The summed E-state index contributed by atoms with van der Waals surface area (Å²) < 4.78 is 4.91. The van der Waals surface area contributed by atoms with E-state index < -0.39 is 0 Å². The Morgan fingerprint density at radius 3 is 2.55 bits per heavy atom. The van der Waals surface area contributed by atoms with E-state index in [9.17, 15) is 0 Å². The fourth-order valence-electron chi connectivity index (χ4n) is 0.956. The molecule has 62 valence electrons. The molecule has 0 atom stereocenters. The Hall–Kier alpha value is -0.870. The lowest BCUT2D eigenvalue weighted by Gasteiger charge is -2.05. The second-order valence-electron chi connectivity index (χ2n) is 2.62. The van der Waals surface area contributed by atoms with Crippen LogP contribution in [-0.2, 0) is 6.54 Å². The number of hydroxylamine groups is 2. The smallest absolute Gasteiger partial charge is 0.138 e. The summed E-state index contributed by atoms with van der Waals surface area (Å²) in [5.74, 6) is 0.767. The molecule has 11 heavy (non-hydrogen) atoms. The molecule has 4 nitrogen and oxygen atoms in total. The molecule has 1 rings (SSSR count). The van der Waals surface area contributed by atoms with E-state index >= 15 is 0 Å². The van der Waals surface area contributed by atoms with Gasteiger partial charge in [0, 0.05) is 12.6 Å². The van der Waals surface area contributed by atoms with Gasteiger partial charge in [-0.25, -0.2) is 0 Å². The SMILES string of the molecule is Cc1noc(C)c1CN(C)O. The van der Waals surface area contributed by atoms with Crippen LogP contribution in [-0.4, -0.2) is 22.5 Å². The maximum absolute atomic E-state index is 8.94. The van der Waals surface area contributed by atoms with Gasteiger partial charge in [0.2, 0.25) is 0 Å². The van der Waals surface area contributed by atoms with Crippen molar-refractivity contribution in [3.05, 3.63) is 17.0 Å². The molecule has 0 aliphatic heterocycles. The summed E-state index contributed by atoms with van der Waals surface area (Å²) in [4.78, 5) is 0. The summed E-state index contributed by atoms with van der Waals surface area (Å²) >= 11 is 0. The van der Waals surface area contributed by atoms with E-state index in [0.717, 1.165) is 22.1 Å². The zero-order chi connectivity index (χ0) is 8.43. The van der Waals surface area contributed by atoms with Crippen LogP contribution in [0.1, 0.15) is 17.0 Å². The monoisotopic (exact) mass is 156 g/mol. The van der Waals surface area contributed by atoms with Gasteiger partial charge in [-0.1, -0.05) is 5.16 Å². The highest BCUT2D eigenvalue weighted by molar-refractivity contribution is 5.19. The van der Waals surface area contributed by atoms with Crippen molar-refractivity contribution in [2.24, 2.45) is 0 Å². The molecule has 1 aromatic heterocycles. The van der Waals surface area contributed by atoms with Crippen LogP contribution >= 0.6 is 0 Å². The largest absolute Gasteiger partial charge is 0.361 e. The lowest BCUT2D eigenvalue weighted by Crippen LogP contribution is -2.12. The van der Waals surface area contributed by atoms with E-state index in [-0.39, 0.29) is 0 Å². The van der Waals surface area contributed by atoms with Gasteiger partial charge in [0.25, 0.3) is 0 Å². The Morgan fingerprint density at radius 1 is 1.55 bits per heavy atom. The maximum Gasteiger partial charge on any atom is 0.138 e. The summed E-state index contributed by atoms with van der Waals surface area (Å²) in [5, 5.41) is 13.8. The second-order valence-corrected chi connectivity index (χ2v) is 2.62. The zero-order valence-corrected chi connectivity index (χ0v) is 6.96. The summed E-state index contributed by atoms with van der Waals surface area (Å²) in [7, 11) is 1.59. The molecule has 0 aliphatic carbocycles. The minimum atomic E-state index is 0.459. The highest BCUT2D eigenvalue weighted by Gasteiger charge is 2.09. The first-order valence-electron chi connectivity index (χ1n) is 3.43. The number of hydrogen-bond donors (Lipinski definition) is 1. The molecule has 0 spiro atoms. The molecular formula is C7H12N2O2. The van der Waals surface area contributed by atoms with Gasteiger partial charge < -0.3 is 9.73 Å². The number of nitrogens with zero attached hydrogens (tertiary/aromatic N) is 2. The van der Waals surface area contributed by atoms with Crippen molar-refractivity contribution in [3.8, 4) is 0 Å². The van der Waals surface area contributed by atoms with E-state index in [4.69, 9.17) is 9.73 Å². The molecule has 0 saturated carbocycles. The molecule has 0 radical (unpaired) electrons. The highest BCUT2D eigenvalue weighted by Crippen LogP contribution is 2.12. The first kappa shape index (κ1) is 8.23. The van der Waals surface area contributed by atoms with Gasteiger partial charge in [0.1, 0.15) is 5.76 Å². The Kier molecular flexibility index (Phi) is 2.26. The van der Waals surface area contributed by atoms with Gasteiger partial charge in [-0.3, -0.25) is 0 Å². The Balaban J connectivity index is 2.83. The average molecular weight is 156 g/mol. The van der Waals surface area contributed by atoms with Gasteiger partial charge >= 0.3 is 0 Å². The van der Waals surface area contributed by atoms with Crippen LogP contribution in [0.3, 0.4) is 0 Å². The third-order valence-electron chi connectivity index (χ3n) is 1.57. The third-order valence-corrected chi connectivity index (χ3v) is 1.57. The van der Waals surface area contributed by atoms with E-state index in [1.807, 2.05) is 13.8 Å². The number of aryl methyl sites for hydroxylation is 2. The Morgan fingerprint density at radius 2 is 2.18 bits per heavy atom. The number of hydrogen-bond acceptors (Lipinski definition) is 4. The minimum absolute atomic E-state index is 0.459. The van der Waals surface area contributed by atoms with Crippen molar-refractivity contribution in [1.29, 1.82) is 0 Å². The molecule has 1 aromatic rings. The van der Waals surface area contributed by atoms with Gasteiger partial charge in [-0.2, -0.15) is 5.06 Å². The highest BCUT2D eigenvalue weighted by atomic mass is 16.5. The maximum atomic E-state index is 8.94. The lowest BCUT2D eigenvalue weighted by atomic mass is 10.2. The zero-order valence-electron chi connectivity index (χ0n) is 6.96. The van der Waals surface area contributed by atoms with Crippen molar-refractivity contribution in [2.45, 2.75) is 20.4 Å². The van der Waals surface area contributed by atoms with E-state index in [0.29, 0.717) is 6.54 Å². The van der Waals surface area contributed by atoms with Crippen LogP contribution in [0.4, 0.5) is 0 Å². The molecule has 4 heteroatoms. The fraction of sp³-hybridized carbons (Fsp3) is 0.571. The summed E-state index contributed by atoms with van der Waals surface area (Å²) in [6, 6.07) is 0. The number of aromatic nitrogens is 1. The lowest BCUT2D eigenvalue weighted by molar-refractivity contribution is -0.0735. The van der Waals surface area contributed by atoms with Gasteiger partial charge in [-0.15, -0.1) is 0 Å². The van der Waals surface area contributed by atoms with E-state index in [2.05, 4.69) is 5.16 Å². The van der Waals surface area contributed by atoms with Crippen molar-refractivity contribution >= 4 is 0 Å². The molecule has 0 fully saturated rings. The minimum Gasteiger partial charge on any atom is -0.361 e. The van der Waals surface area contributed by atoms with Gasteiger partial charge in [0.05, 0.1) is 12.2 Å². The van der Waals surface area contributed by atoms with Crippen molar-refractivity contribution in [1.82, 2.24) is 10.2 Å². The number of rotatable bonds is 2. The Labute approximate surface area is 65.4 Å². The molecule has 0 unspecified atom stereocenters. The molecular weight excluding hydrogens is 144 g/mol. The van der Waals surface area contributed by atoms with Crippen molar-refractivity contribution in [3.63, 3.8) is 0 Å². The Bertz CT molecular complexity index is 223. The summed E-state index contributed by atoms with van der Waals surface area (Å²) in [6.07, 6.45) is 0. The third kappa shape index (κ3) is 1.78. The fourth-order valence-corrected chi connectivity index (χ4v) is 0.956. The predicted molar refractivity (Wildman–Crippen MR) is 39.2 cm³/mol. The quantitative estimate of drug-likeness (QED) is 0.652. The molecule has 1 N–H and O–H groups in total. The molecule has 0 bridgehead atoms. The van der Waals surface area contributed by atoms with E-state index in [1.165, 1.54) is 0 Å². The predicted octanol–water partition coefficient (Wildman–Crippen LogP) is 1.11. The molecule has 0 amide bonds. The van der Waals surface area contributed by atoms with Crippen LogP contribution in [0.5, 0.6) is 0 Å². The average Bonchev–Trinajstić information content (AvgIpc) is 2.18. The van der Waals surface area contributed by atoms with Crippen LogP contribution < -0.4 is 0 Å². The van der Waals surface area contributed by atoms with Gasteiger partial charge in [0.15, 0.2) is 0 Å². The van der Waals surface area contributed by atoms with Gasteiger partial charge in [-0.05, 0) is 13.8 Å². The molecule has 0 aromatic carbocycles. The van der Waals surface area contributed by atoms with Crippen LogP contribution in [0.25, 0.3) is 0 Å². The second kappa shape index (κ2) is 3.02. The molecule has 0 aliphatic rings. The van der Waals surface area contributed by atoms with Crippen LogP contribution in [0.2, 0.25) is 0 Å². The summed E-state index contributed by atoms with van der Waals surface area (Å²) in [6.45, 7) is 4.15. The topological polar surface area (TPSA) is 49.5 Å². The van der Waals surface area contributed by atoms with Crippen molar-refractivity contribution < 1.29 is 9.73 Å². The molecule has 0 saturated heterocycles. The first-order chi connectivity index (χ1) is 5.11.